The Morgan fingerprint density at radius 2 is 1.96 bits per heavy atom. The average Bonchev–Trinajstić information content (AvgIpc) is 2.87. The molecule has 2 aromatic rings. The van der Waals surface area contributed by atoms with E-state index in [0.717, 1.165) is 16.7 Å². The number of fused-ring (bicyclic) bond motifs is 3. The summed E-state index contributed by atoms with van der Waals surface area (Å²) >= 11 is 0. The van der Waals surface area contributed by atoms with Gasteiger partial charge in [-0.1, -0.05) is 54.1 Å². The van der Waals surface area contributed by atoms with E-state index in [1.54, 1.807) is 19.1 Å². The van der Waals surface area contributed by atoms with Crippen LogP contribution in [0.25, 0.3) is 0 Å². The third-order valence-corrected chi connectivity index (χ3v) is 7.25. The molecule has 2 aromatic carbocycles. The first-order valence-electron chi connectivity index (χ1n) is 8.97. The molecule has 0 amide bonds. The van der Waals surface area contributed by atoms with Crippen molar-refractivity contribution in [2.24, 2.45) is 0 Å². The molecule has 0 saturated heterocycles. The zero-order valence-electron chi connectivity index (χ0n) is 15.3. The van der Waals surface area contributed by atoms with Gasteiger partial charge in [-0.3, -0.25) is 0 Å². The van der Waals surface area contributed by atoms with Crippen molar-refractivity contribution in [1.29, 1.82) is 0 Å². The van der Waals surface area contributed by atoms with Crippen LogP contribution in [0.15, 0.2) is 65.1 Å². The van der Waals surface area contributed by atoms with Crippen molar-refractivity contribution < 1.29 is 17.9 Å². The number of carbonyl (C=O) groups excluding carboxylic acids is 1. The molecule has 0 radical (unpaired) electrons. The zero-order chi connectivity index (χ0) is 19.2. The molecule has 0 spiro atoms. The van der Waals surface area contributed by atoms with Gasteiger partial charge in [-0.2, -0.15) is 4.31 Å². The number of hydrogen-bond acceptors (Lipinski definition) is 4. The average molecular weight is 383 g/mol. The summed E-state index contributed by atoms with van der Waals surface area (Å²) in [4.78, 5) is 12.6. The van der Waals surface area contributed by atoms with Crippen molar-refractivity contribution in [3.05, 3.63) is 76.9 Å². The van der Waals surface area contributed by atoms with Gasteiger partial charge >= 0.3 is 5.97 Å². The number of nitrogens with zero attached hydrogens (tertiary/aromatic N) is 1. The first-order valence-corrected chi connectivity index (χ1v) is 10.4. The van der Waals surface area contributed by atoms with Crippen LogP contribution in [-0.4, -0.2) is 31.8 Å². The molecule has 4 rings (SSSR count). The minimum atomic E-state index is -3.72. The monoisotopic (exact) mass is 383 g/mol. The van der Waals surface area contributed by atoms with Crippen molar-refractivity contribution in [1.82, 2.24) is 4.31 Å². The van der Waals surface area contributed by atoms with Crippen LogP contribution in [0.2, 0.25) is 0 Å². The molecule has 1 atom stereocenters. The SMILES string of the molecule is CCOC(=O)C1=CCC2(c3cccc(C)c3)c3ccccc3S(=O)(=O)N2C1. The number of sulfonamides is 1. The minimum Gasteiger partial charge on any atom is -0.463 e. The lowest BCUT2D eigenvalue weighted by atomic mass is 9.77. The second-order valence-corrected chi connectivity index (χ2v) is 8.72. The predicted octanol–water partition coefficient (Wildman–Crippen LogP) is 3.14. The number of esters is 1. The fourth-order valence-electron chi connectivity index (χ4n) is 4.10. The van der Waals surface area contributed by atoms with Crippen LogP contribution in [-0.2, 0) is 25.1 Å². The summed E-state index contributed by atoms with van der Waals surface area (Å²) in [6, 6.07) is 15.0. The predicted molar refractivity (Wildman–Crippen MR) is 102 cm³/mol. The van der Waals surface area contributed by atoms with E-state index in [9.17, 15) is 13.2 Å². The van der Waals surface area contributed by atoms with Gasteiger partial charge < -0.3 is 4.74 Å². The van der Waals surface area contributed by atoms with Gasteiger partial charge in [0.25, 0.3) is 0 Å². The maximum Gasteiger partial charge on any atom is 0.335 e. The van der Waals surface area contributed by atoms with E-state index in [4.69, 9.17) is 4.74 Å². The molecule has 0 aromatic heterocycles. The summed E-state index contributed by atoms with van der Waals surface area (Å²) in [6.45, 7) is 3.99. The van der Waals surface area contributed by atoms with Gasteiger partial charge in [-0.15, -0.1) is 0 Å². The van der Waals surface area contributed by atoms with Gasteiger partial charge in [0.1, 0.15) is 0 Å². The Morgan fingerprint density at radius 1 is 1.19 bits per heavy atom. The third kappa shape index (κ3) is 2.55. The molecular formula is C21H21NO4S. The summed E-state index contributed by atoms with van der Waals surface area (Å²) in [6.07, 6.45) is 2.22. The molecule has 6 heteroatoms. The molecule has 0 N–H and O–H groups in total. The molecular weight excluding hydrogens is 362 g/mol. The standard InChI is InChI=1S/C21H21NO4S/c1-3-26-20(23)16-11-12-21(17-8-6-7-15(2)13-17)18-9-4-5-10-19(18)27(24,25)22(21)14-16/h4-11,13H,3,12,14H2,1-2H3. The highest BCUT2D eigenvalue weighted by molar-refractivity contribution is 7.89. The van der Waals surface area contributed by atoms with Gasteiger partial charge in [0.05, 0.1) is 17.0 Å². The third-order valence-electron chi connectivity index (χ3n) is 5.32. The fraction of sp³-hybridized carbons (Fsp3) is 0.286. The number of ether oxygens (including phenoxy) is 1. The number of benzene rings is 2. The van der Waals surface area contributed by atoms with Crippen LogP contribution in [0.1, 0.15) is 30.0 Å². The van der Waals surface area contributed by atoms with Crippen molar-refractivity contribution >= 4 is 16.0 Å². The second kappa shape index (κ2) is 6.32. The molecule has 0 saturated carbocycles. The molecule has 2 aliphatic rings. The first-order chi connectivity index (χ1) is 12.9. The molecule has 140 valence electrons. The van der Waals surface area contributed by atoms with E-state index in [1.807, 2.05) is 49.4 Å². The highest BCUT2D eigenvalue weighted by Gasteiger charge is 2.56. The number of carbonyl (C=O) groups is 1. The summed E-state index contributed by atoms with van der Waals surface area (Å²) in [5.41, 5.74) is 2.28. The minimum absolute atomic E-state index is 0.00376. The van der Waals surface area contributed by atoms with Crippen LogP contribution in [0, 0.1) is 6.92 Å². The van der Waals surface area contributed by atoms with Crippen LogP contribution >= 0.6 is 0 Å². The van der Waals surface area contributed by atoms with E-state index in [2.05, 4.69) is 0 Å². The van der Waals surface area contributed by atoms with E-state index < -0.39 is 21.5 Å². The number of aryl methyl sites for hydroxylation is 1. The highest BCUT2D eigenvalue weighted by atomic mass is 32.2. The molecule has 2 heterocycles. The van der Waals surface area contributed by atoms with E-state index in [0.29, 0.717) is 16.9 Å². The molecule has 5 nitrogen and oxygen atoms in total. The molecule has 0 fully saturated rings. The van der Waals surface area contributed by atoms with Crippen molar-refractivity contribution in [3.8, 4) is 0 Å². The van der Waals surface area contributed by atoms with Crippen LogP contribution in [0.5, 0.6) is 0 Å². The molecule has 2 aliphatic heterocycles. The van der Waals surface area contributed by atoms with Crippen molar-refractivity contribution in [2.45, 2.75) is 30.7 Å². The number of rotatable bonds is 3. The smallest absolute Gasteiger partial charge is 0.335 e. The maximum atomic E-state index is 13.4. The zero-order valence-corrected chi connectivity index (χ0v) is 16.1. The van der Waals surface area contributed by atoms with Crippen molar-refractivity contribution in [3.63, 3.8) is 0 Å². The molecule has 1 unspecified atom stereocenters. The Hall–Kier alpha value is -2.44. The lowest BCUT2D eigenvalue weighted by Crippen LogP contribution is -2.48. The van der Waals surface area contributed by atoms with Gasteiger partial charge in [-0.05, 0) is 37.5 Å². The summed E-state index contributed by atoms with van der Waals surface area (Å²) in [7, 11) is -3.72. The van der Waals surface area contributed by atoms with Crippen molar-refractivity contribution in [2.75, 3.05) is 13.2 Å². The molecule has 0 bridgehead atoms. The Labute approximate surface area is 159 Å². The normalized spacial score (nSPS) is 23.3. The maximum absolute atomic E-state index is 13.4. The molecule has 27 heavy (non-hydrogen) atoms. The van der Waals surface area contributed by atoms with E-state index in [1.165, 1.54) is 4.31 Å². The molecule has 0 aliphatic carbocycles. The Bertz CT molecular complexity index is 1060. The fourth-order valence-corrected chi connectivity index (χ4v) is 6.11. The lowest BCUT2D eigenvalue weighted by Gasteiger charge is -2.40. The summed E-state index contributed by atoms with van der Waals surface area (Å²) in [5.74, 6) is -0.457. The second-order valence-electron chi connectivity index (χ2n) is 6.89. The first kappa shape index (κ1) is 17.9. The van der Waals surface area contributed by atoms with E-state index in [-0.39, 0.29) is 13.2 Å². The van der Waals surface area contributed by atoms with E-state index >= 15 is 0 Å². The highest BCUT2D eigenvalue weighted by Crippen LogP contribution is 2.52. The lowest BCUT2D eigenvalue weighted by molar-refractivity contribution is -0.138. The van der Waals surface area contributed by atoms with Crippen LogP contribution in [0.3, 0.4) is 0 Å². The Balaban J connectivity index is 1.96. The van der Waals surface area contributed by atoms with Gasteiger partial charge in [0, 0.05) is 12.1 Å². The summed E-state index contributed by atoms with van der Waals surface area (Å²) in [5, 5.41) is 0. The van der Waals surface area contributed by atoms with Crippen LogP contribution < -0.4 is 0 Å². The Kier molecular flexibility index (Phi) is 4.20. The van der Waals surface area contributed by atoms with Gasteiger partial charge in [0.2, 0.25) is 10.0 Å². The van der Waals surface area contributed by atoms with Crippen LogP contribution in [0.4, 0.5) is 0 Å². The Morgan fingerprint density at radius 3 is 2.70 bits per heavy atom. The number of hydrogen-bond donors (Lipinski definition) is 0. The van der Waals surface area contributed by atoms with Gasteiger partial charge in [-0.25, -0.2) is 13.2 Å². The largest absolute Gasteiger partial charge is 0.463 e. The van der Waals surface area contributed by atoms with Gasteiger partial charge in [0.15, 0.2) is 0 Å². The summed E-state index contributed by atoms with van der Waals surface area (Å²) < 4.78 is 33.3. The quantitative estimate of drug-likeness (QED) is 0.764. The topological polar surface area (TPSA) is 63.7 Å².